The highest BCUT2D eigenvalue weighted by atomic mass is 16.5. The first-order chi connectivity index (χ1) is 17.0. The van der Waals surface area contributed by atoms with Crippen molar-refractivity contribution in [3.8, 4) is 17.1 Å². The van der Waals surface area contributed by atoms with E-state index in [1.54, 1.807) is 7.11 Å². The van der Waals surface area contributed by atoms with Crippen molar-refractivity contribution in [1.29, 1.82) is 0 Å². The van der Waals surface area contributed by atoms with Crippen molar-refractivity contribution in [1.82, 2.24) is 14.9 Å². The van der Waals surface area contributed by atoms with E-state index in [0.29, 0.717) is 19.5 Å². The third kappa shape index (κ3) is 5.07. The lowest BCUT2D eigenvalue weighted by Gasteiger charge is -2.39. The minimum Gasteiger partial charge on any atom is -0.497 e. The van der Waals surface area contributed by atoms with Crippen LogP contribution in [0, 0.1) is 0 Å². The Balaban J connectivity index is 1.44. The molecule has 8 heteroatoms. The fourth-order valence-electron chi connectivity index (χ4n) is 4.78. The van der Waals surface area contributed by atoms with Gasteiger partial charge in [0.1, 0.15) is 11.6 Å². The van der Waals surface area contributed by atoms with Crippen molar-refractivity contribution in [2.75, 3.05) is 37.0 Å². The molecule has 0 aliphatic carbocycles. The Hall–Kier alpha value is -3.65. The molecule has 2 amide bonds. The summed E-state index contributed by atoms with van der Waals surface area (Å²) in [5.41, 5.74) is 3.75. The molecule has 2 unspecified atom stereocenters. The Bertz CT molecular complexity index is 1180. The second-order valence-electron chi connectivity index (χ2n) is 9.15. The average Bonchev–Trinajstić information content (AvgIpc) is 2.88. The van der Waals surface area contributed by atoms with Crippen molar-refractivity contribution in [2.24, 2.45) is 0 Å². The van der Waals surface area contributed by atoms with Gasteiger partial charge in [0.05, 0.1) is 31.6 Å². The number of nitrogens with one attached hydrogen (secondary N) is 1. The summed E-state index contributed by atoms with van der Waals surface area (Å²) < 4.78 is 11.2. The first-order valence-corrected chi connectivity index (χ1v) is 12.1. The molecule has 1 saturated heterocycles. The maximum absolute atomic E-state index is 13.1. The summed E-state index contributed by atoms with van der Waals surface area (Å²) in [5, 5.41) is 3.00. The summed E-state index contributed by atoms with van der Waals surface area (Å²) in [4.78, 5) is 27.2. The van der Waals surface area contributed by atoms with Crippen LogP contribution in [0.15, 0.2) is 54.6 Å². The lowest BCUT2D eigenvalue weighted by molar-refractivity contribution is -0.00556. The number of carbonyl (C=O) groups is 1. The highest BCUT2D eigenvalue weighted by Gasteiger charge is 2.31. The van der Waals surface area contributed by atoms with Gasteiger partial charge in [-0.1, -0.05) is 30.3 Å². The number of urea groups is 1. The molecule has 182 valence electrons. The second kappa shape index (κ2) is 9.92. The Morgan fingerprint density at radius 3 is 2.43 bits per heavy atom. The second-order valence-corrected chi connectivity index (χ2v) is 9.15. The number of anilines is 2. The summed E-state index contributed by atoms with van der Waals surface area (Å²) in [7, 11) is 1.62. The molecular weight excluding hydrogens is 442 g/mol. The van der Waals surface area contributed by atoms with Gasteiger partial charge in [-0.05, 0) is 38.1 Å². The van der Waals surface area contributed by atoms with Crippen LogP contribution in [0.25, 0.3) is 11.4 Å². The van der Waals surface area contributed by atoms with Gasteiger partial charge in [-0.15, -0.1) is 0 Å². The Kier molecular flexibility index (Phi) is 6.55. The monoisotopic (exact) mass is 473 g/mol. The van der Waals surface area contributed by atoms with Gasteiger partial charge in [-0.2, -0.15) is 0 Å². The van der Waals surface area contributed by atoms with Crippen molar-refractivity contribution in [3.63, 3.8) is 0 Å². The highest BCUT2D eigenvalue weighted by molar-refractivity contribution is 5.89. The number of carbonyl (C=O) groups excluding carboxylic acids is 1. The van der Waals surface area contributed by atoms with Gasteiger partial charge >= 0.3 is 6.03 Å². The molecule has 3 aromatic rings. The van der Waals surface area contributed by atoms with Gasteiger partial charge in [-0.25, -0.2) is 14.8 Å². The van der Waals surface area contributed by atoms with E-state index >= 15 is 0 Å². The number of aromatic nitrogens is 2. The predicted molar refractivity (Wildman–Crippen MR) is 136 cm³/mol. The quantitative estimate of drug-likeness (QED) is 0.607. The topological polar surface area (TPSA) is 79.8 Å². The smallest absolute Gasteiger partial charge is 0.322 e. The van der Waals surface area contributed by atoms with Crippen LogP contribution in [0.1, 0.15) is 25.1 Å². The van der Waals surface area contributed by atoms with Gasteiger partial charge < -0.3 is 24.6 Å². The Labute approximate surface area is 205 Å². The average molecular weight is 474 g/mol. The number of fused-ring (bicyclic) bond motifs is 1. The number of benzene rings is 2. The van der Waals surface area contributed by atoms with Gasteiger partial charge in [-0.3, -0.25) is 0 Å². The van der Waals surface area contributed by atoms with Crippen molar-refractivity contribution < 1.29 is 14.3 Å². The van der Waals surface area contributed by atoms with Crippen molar-refractivity contribution in [3.05, 3.63) is 65.9 Å². The maximum Gasteiger partial charge on any atom is 0.322 e. The van der Waals surface area contributed by atoms with Crippen LogP contribution < -0.4 is 15.0 Å². The minimum absolute atomic E-state index is 0.0996. The van der Waals surface area contributed by atoms with E-state index < -0.39 is 0 Å². The fraction of sp³-hybridized carbons (Fsp3) is 0.370. The normalized spacial score (nSPS) is 19.7. The number of morpholine rings is 1. The number of ether oxygens (including phenoxy) is 2. The zero-order chi connectivity index (χ0) is 24.4. The zero-order valence-corrected chi connectivity index (χ0v) is 20.4. The van der Waals surface area contributed by atoms with E-state index in [4.69, 9.17) is 19.4 Å². The molecule has 0 bridgehead atoms. The first kappa shape index (κ1) is 23.1. The lowest BCUT2D eigenvalue weighted by Crippen LogP contribution is -2.47. The number of rotatable bonds is 4. The van der Waals surface area contributed by atoms with Crippen LogP contribution >= 0.6 is 0 Å². The Morgan fingerprint density at radius 1 is 1.03 bits per heavy atom. The molecule has 35 heavy (non-hydrogen) atoms. The van der Waals surface area contributed by atoms with E-state index in [-0.39, 0.29) is 18.2 Å². The molecule has 0 radical (unpaired) electrons. The van der Waals surface area contributed by atoms with Crippen LogP contribution in [0.5, 0.6) is 5.75 Å². The van der Waals surface area contributed by atoms with Gasteiger partial charge in [0.15, 0.2) is 5.82 Å². The van der Waals surface area contributed by atoms with Crippen molar-refractivity contribution >= 4 is 17.5 Å². The largest absolute Gasteiger partial charge is 0.497 e. The summed E-state index contributed by atoms with van der Waals surface area (Å²) >= 11 is 0. The van der Waals surface area contributed by atoms with Crippen LogP contribution in [-0.2, 0) is 17.7 Å². The van der Waals surface area contributed by atoms with Gasteiger partial charge in [0.25, 0.3) is 0 Å². The van der Waals surface area contributed by atoms with Gasteiger partial charge in [0.2, 0.25) is 0 Å². The molecule has 8 nitrogen and oxygen atoms in total. The number of methoxy groups -OCH3 is 1. The fourth-order valence-corrected chi connectivity index (χ4v) is 4.78. The van der Waals surface area contributed by atoms with E-state index in [1.165, 1.54) is 0 Å². The minimum atomic E-state index is -0.136. The molecule has 2 aliphatic heterocycles. The number of hydrogen-bond acceptors (Lipinski definition) is 6. The van der Waals surface area contributed by atoms with E-state index in [9.17, 15) is 4.79 Å². The van der Waals surface area contributed by atoms with Gasteiger partial charge in [0, 0.05) is 42.9 Å². The molecule has 3 heterocycles. The third-order valence-corrected chi connectivity index (χ3v) is 6.42. The molecule has 2 atom stereocenters. The summed E-state index contributed by atoms with van der Waals surface area (Å²) in [5.74, 6) is 2.37. The third-order valence-electron chi connectivity index (χ3n) is 6.42. The van der Waals surface area contributed by atoms with E-state index in [0.717, 1.165) is 53.0 Å². The zero-order valence-electron chi connectivity index (χ0n) is 20.4. The van der Waals surface area contributed by atoms with E-state index in [2.05, 4.69) is 24.1 Å². The predicted octanol–water partition coefficient (Wildman–Crippen LogP) is 4.36. The summed E-state index contributed by atoms with van der Waals surface area (Å²) in [6, 6.07) is 17.3. The molecule has 1 aromatic heterocycles. The molecule has 0 spiro atoms. The highest BCUT2D eigenvalue weighted by Crippen LogP contribution is 2.31. The number of hydrogen-bond donors (Lipinski definition) is 1. The molecule has 2 aliphatic rings. The van der Waals surface area contributed by atoms with Crippen LogP contribution in [0.4, 0.5) is 16.3 Å². The Morgan fingerprint density at radius 2 is 1.74 bits per heavy atom. The van der Waals surface area contributed by atoms with Crippen molar-refractivity contribution in [2.45, 2.75) is 39.0 Å². The maximum atomic E-state index is 13.1. The first-order valence-electron chi connectivity index (χ1n) is 12.1. The lowest BCUT2D eigenvalue weighted by atomic mass is 10.0. The molecule has 0 saturated carbocycles. The molecular formula is C27H31N5O3. The summed E-state index contributed by atoms with van der Waals surface area (Å²) in [6.07, 6.45) is 0.876. The number of amides is 2. The standard InChI is InChI=1S/C27H31N5O3/c1-18-15-32(16-19(2)35-18)26-23-17-31(27(33)28-21-9-11-22(34-3)12-10-21)14-13-24(23)29-25(30-26)20-7-5-4-6-8-20/h4-12,18-19H,13-17H2,1-3H3,(H,28,33). The SMILES string of the molecule is COc1ccc(NC(=O)N2CCc3nc(-c4ccccc4)nc(N4CC(C)OC(C)C4)c3C2)cc1. The molecule has 2 aromatic carbocycles. The molecule has 1 N–H and O–H groups in total. The number of nitrogens with zero attached hydrogens (tertiary/aromatic N) is 4. The van der Waals surface area contributed by atoms with Crippen LogP contribution in [0.3, 0.4) is 0 Å². The molecule has 1 fully saturated rings. The summed E-state index contributed by atoms with van der Waals surface area (Å²) in [6.45, 7) is 6.73. The van der Waals surface area contributed by atoms with Crippen LogP contribution in [-0.4, -0.2) is 59.9 Å². The molecule has 5 rings (SSSR count). The van der Waals surface area contributed by atoms with Crippen LogP contribution in [0.2, 0.25) is 0 Å². The van der Waals surface area contributed by atoms with E-state index in [1.807, 2.05) is 59.5 Å².